The molecule has 0 aliphatic rings. The number of furan rings is 1. The highest BCUT2D eigenvalue weighted by molar-refractivity contribution is 6.08. The third-order valence-electron chi connectivity index (χ3n) is 6.11. The number of amides is 1. The fourth-order valence-corrected chi connectivity index (χ4v) is 4.27. The van der Waals surface area contributed by atoms with E-state index in [0.717, 1.165) is 16.4 Å². The van der Waals surface area contributed by atoms with Gasteiger partial charge in [0.05, 0.1) is 18.2 Å². The summed E-state index contributed by atoms with van der Waals surface area (Å²) < 4.78 is 18.1. The molecule has 1 amide bonds. The van der Waals surface area contributed by atoms with Crippen molar-refractivity contribution in [3.05, 3.63) is 76.7 Å². The molecule has 0 aliphatic carbocycles. The highest BCUT2D eigenvalue weighted by Gasteiger charge is 2.24. The molecule has 0 saturated carbocycles. The smallest absolute Gasteiger partial charge is 0.360 e. The summed E-state index contributed by atoms with van der Waals surface area (Å²) >= 11 is 0. The molecule has 37 heavy (non-hydrogen) atoms. The van der Waals surface area contributed by atoms with Crippen LogP contribution in [0.15, 0.2) is 69.9 Å². The predicted molar refractivity (Wildman–Crippen MR) is 140 cm³/mol. The van der Waals surface area contributed by atoms with E-state index < -0.39 is 18.0 Å². The Labute approximate surface area is 211 Å². The lowest BCUT2D eigenvalue weighted by atomic mass is 10.1. The highest BCUT2D eigenvalue weighted by Crippen LogP contribution is 2.36. The second kappa shape index (κ2) is 9.77. The lowest BCUT2D eigenvalue weighted by molar-refractivity contribution is -0.123. The van der Waals surface area contributed by atoms with Crippen LogP contribution in [0, 0.1) is 0 Å². The Morgan fingerprint density at radius 3 is 2.43 bits per heavy atom. The fraction of sp³-hybridized carbons (Fsp3) is 0.214. The molecular weight excluding hydrogens is 474 g/mol. The molecule has 2 aromatic heterocycles. The van der Waals surface area contributed by atoms with Crippen molar-refractivity contribution in [1.29, 1.82) is 0 Å². The van der Waals surface area contributed by atoms with E-state index in [1.54, 1.807) is 36.4 Å². The monoisotopic (exact) mass is 499 g/mol. The number of hydrogen-bond acceptors (Lipinski definition) is 7. The number of rotatable bonds is 7. The Kier molecular flexibility index (Phi) is 6.35. The number of esters is 1. The van der Waals surface area contributed by atoms with E-state index in [1.807, 2.05) is 31.2 Å². The summed E-state index contributed by atoms with van der Waals surface area (Å²) in [4.78, 5) is 38.8. The number of methoxy groups -OCH3 is 1. The molecule has 0 fully saturated rings. The van der Waals surface area contributed by atoms with Crippen LogP contribution in [-0.4, -0.2) is 34.9 Å². The van der Waals surface area contributed by atoms with Gasteiger partial charge in [0.2, 0.25) is 0 Å². The zero-order chi connectivity index (χ0) is 26.1. The predicted octanol–water partition coefficient (Wildman–Crippen LogP) is 4.90. The first-order valence-electron chi connectivity index (χ1n) is 11.9. The second-order valence-electron chi connectivity index (χ2n) is 8.61. The van der Waals surface area contributed by atoms with Gasteiger partial charge in [-0.25, -0.2) is 9.48 Å². The maximum atomic E-state index is 13.1. The van der Waals surface area contributed by atoms with Gasteiger partial charge in [0.15, 0.2) is 11.8 Å². The first-order chi connectivity index (χ1) is 17.9. The number of carbonyl (C=O) groups excluding carboxylic acids is 2. The van der Waals surface area contributed by atoms with Gasteiger partial charge in [-0.1, -0.05) is 43.3 Å². The largest absolute Gasteiger partial charge is 0.495 e. The summed E-state index contributed by atoms with van der Waals surface area (Å²) in [5, 5.41) is 9.50. The molecule has 0 radical (unpaired) electrons. The standard InChI is InChI=1S/C28H25N3O6/c1-4-13-31-27(33)19-11-6-5-10-18(19)25(30-31)28(34)36-16(2)26(32)29-21-15-23-20(14-24(21)35-3)17-9-7-8-12-22(17)37-23/h5-12,14-16H,4,13H2,1-3H3,(H,29,32). The van der Waals surface area contributed by atoms with Crippen molar-refractivity contribution in [3.8, 4) is 5.75 Å². The van der Waals surface area contributed by atoms with Crippen LogP contribution >= 0.6 is 0 Å². The quantitative estimate of drug-likeness (QED) is 0.317. The number of anilines is 1. The van der Waals surface area contributed by atoms with E-state index in [9.17, 15) is 14.4 Å². The number of ether oxygens (including phenoxy) is 2. The van der Waals surface area contributed by atoms with Gasteiger partial charge < -0.3 is 19.2 Å². The molecule has 1 unspecified atom stereocenters. The normalized spacial score (nSPS) is 12.1. The van der Waals surface area contributed by atoms with Crippen LogP contribution in [0.25, 0.3) is 32.7 Å². The molecule has 1 atom stereocenters. The zero-order valence-corrected chi connectivity index (χ0v) is 20.6. The van der Waals surface area contributed by atoms with Gasteiger partial charge in [-0.3, -0.25) is 9.59 Å². The van der Waals surface area contributed by atoms with E-state index in [-0.39, 0.29) is 11.3 Å². The molecule has 3 aromatic carbocycles. The minimum absolute atomic E-state index is 0.0235. The number of fused-ring (bicyclic) bond motifs is 4. The molecule has 2 heterocycles. The van der Waals surface area contributed by atoms with Crippen LogP contribution in [0.1, 0.15) is 30.8 Å². The summed E-state index contributed by atoms with van der Waals surface area (Å²) in [5.74, 6) is -0.929. The number of benzene rings is 3. The highest BCUT2D eigenvalue weighted by atomic mass is 16.5. The Balaban J connectivity index is 1.41. The maximum Gasteiger partial charge on any atom is 0.360 e. The van der Waals surface area contributed by atoms with Crippen LogP contribution in [0.5, 0.6) is 5.75 Å². The van der Waals surface area contributed by atoms with Crippen LogP contribution in [0.3, 0.4) is 0 Å². The van der Waals surface area contributed by atoms with Gasteiger partial charge >= 0.3 is 5.97 Å². The second-order valence-corrected chi connectivity index (χ2v) is 8.61. The molecule has 1 N–H and O–H groups in total. The number of para-hydroxylation sites is 1. The SMILES string of the molecule is CCCn1nc(C(=O)OC(C)C(=O)Nc2cc3oc4ccccc4c3cc2OC)c2ccccc2c1=O. The number of hydrogen-bond donors (Lipinski definition) is 1. The van der Waals surface area contributed by atoms with E-state index in [1.165, 1.54) is 18.7 Å². The topological polar surface area (TPSA) is 113 Å². The van der Waals surface area contributed by atoms with Crippen LogP contribution in [-0.2, 0) is 16.1 Å². The van der Waals surface area contributed by atoms with Crippen LogP contribution < -0.4 is 15.6 Å². The van der Waals surface area contributed by atoms with Crippen molar-refractivity contribution in [1.82, 2.24) is 9.78 Å². The number of aromatic nitrogens is 2. The van der Waals surface area contributed by atoms with E-state index in [0.29, 0.717) is 40.8 Å². The number of aryl methyl sites for hydroxylation is 1. The van der Waals surface area contributed by atoms with Crippen molar-refractivity contribution in [2.24, 2.45) is 0 Å². The molecule has 5 aromatic rings. The van der Waals surface area contributed by atoms with Gasteiger partial charge in [-0.15, -0.1) is 0 Å². The van der Waals surface area contributed by atoms with E-state index >= 15 is 0 Å². The molecule has 188 valence electrons. The first kappa shape index (κ1) is 24.1. The molecule has 0 bridgehead atoms. The van der Waals surface area contributed by atoms with Gasteiger partial charge in [0, 0.05) is 28.8 Å². The summed E-state index contributed by atoms with van der Waals surface area (Å²) in [6.07, 6.45) is -0.494. The lowest BCUT2D eigenvalue weighted by Crippen LogP contribution is -2.32. The van der Waals surface area contributed by atoms with Crippen LogP contribution in [0.2, 0.25) is 0 Å². The van der Waals surface area contributed by atoms with Crippen molar-refractivity contribution in [2.75, 3.05) is 12.4 Å². The molecule has 0 aliphatic heterocycles. The van der Waals surface area contributed by atoms with Gasteiger partial charge in [0.25, 0.3) is 11.5 Å². The van der Waals surface area contributed by atoms with E-state index in [2.05, 4.69) is 10.4 Å². The fourth-order valence-electron chi connectivity index (χ4n) is 4.27. The minimum Gasteiger partial charge on any atom is -0.495 e. The molecule has 9 nitrogen and oxygen atoms in total. The molecular formula is C28H25N3O6. The van der Waals surface area contributed by atoms with Crippen molar-refractivity contribution in [2.45, 2.75) is 32.9 Å². The summed E-state index contributed by atoms with van der Waals surface area (Å²) in [6.45, 7) is 3.72. The minimum atomic E-state index is -1.16. The molecule has 0 spiro atoms. The number of carbonyl (C=O) groups is 2. The third-order valence-corrected chi connectivity index (χ3v) is 6.11. The van der Waals surface area contributed by atoms with E-state index in [4.69, 9.17) is 13.9 Å². The number of nitrogens with one attached hydrogen (secondary N) is 1. The van der Waals surface area contributed by atoms with Crippen molar-refractivity contribution < 1.29 is 23.5 Å². The Morgan fingerprint density at radius 1 is 1.00 bits per heavy atom. The summed E-state index contributed by atoms with van der Waals surface area (Å²) in [5.41, 5.74) is 1.37. The summed E-state index contributed by atoms with van der Waals surface area (Å²) in [6, 6.07) is 17.8. The molecule has 9 heteroatoms. The number of nitrogens with zero attached hydrogens (tertiary/aromatic N) is 2. The van der Waals surface area contributed by atoms with Crippen molar-refractivity contribution in [3.63, 3.8) is 0 Å². The average molecular weight is 500 g/mol. The van der Waals surface area contributed by atoms with Gasteiger partial charge in [-0.05, 0) is 31.5 Å². The molecule has 0 saturated heterocycles. The van der Waals surface area contributed by atoms with Gasteiger partial charge in [0.1, 0.15) is 16.9 Å². The Bertz CT molecular complexity index is 1720. The third kappa shape index (κ3) is 4.40. The Hall–Kier alpha value is -4.66. The average Bonchev–Trinajstić information content (AvgIpc) is 3.27. The maximum absolute atomic E-state index is 13.1. The Morgan fingerprint density at radius 2 is 1.70 bits per heavy atom. The lowest BCUT2D eigenvalue weighted by Gasteiger charge is -2.16. The zero-order valence-electron chi connectivity index (χ0n) is 20.6. The molecule has 5 rings (SSSR count). The summed E-state index contributed by atoms with van der Waals surface area (Å²) in [7, 11) is 1.50. The van der Waals surface area contributed by atoms with Gasteiger partial charge in [-0.2, -0.15) is 5.10 Å². The van der Waals surface area contributed by atoms with Crippen LogP contribution in [0.4, 0.5) is 5.69 Å². The van der Waals surface area contributed by atoms with Crippen molar-refractivity contribution >= 4 is 50.3 Å². The first-order valence-corrected chi connectivity index (χ1v) is 11.9.